The van der Waals surface area contributed by atoms with Crippen molar-refractivity contribution < 1.29 is 38.3 Å². The molecule has 1 aliphatic heterocycles. The molecular weight excluding hydrogens is 911 g/mol. The molecule has 2 aromatic heterocycles. The number of nitrogens with one attached hydrogen (secondary N) is 7. The Hall–Kier alpha value is -6.82. The Balaban J connectivity index is 1.31. The summed E-state index contributed by atoms with van der Waals surface area (Å²) in [7, 11) is 0. The summed E-state index contributed by atoms with van der Waals surface area (Å²) < 4.78 is 5.62. The average molecular weight is 978 g/mol. The number of thioether (sulfide) groups is 1. The minimum absolute atomic E-state index is 0.00394. The molecule has 1 fully saturated rings. The quantitative estimate of drug-likeness (QED) is 0.0475. The molecule has 17 nitrogen and oxygen atoms in total. The Morgan fingerprint density at radius 2 is 1.17 bits per heavy atom. The second-order valence-corrected chi connectivity index (χ2v) is 20.3. The molecule has 9 N–H and O–H groups in total. The molecule has 0 radical (unpaired) electrons. The van der Waals surface area contributed by atoms with E-state index in [1.807, 2.05) is 86.8 Å². The van der Waals surface area contributed by atoms with Crippen LogP contribution in [0.2, 0.25) is 0 Å². The van der Waals surface area contributed by atoms with Gasteiger partial charge in [-0.2, -0.15) is 11.8 Å². The predicted octanol–water partition coefficient (Wildman–Crippen LogP) is 4.79. The first-order valence-electron chi connectivity index (χ1n) is 23.8. The summed E-state index contributed by atoms with van der Waals surface area (Å²) in [5.74, 6) is -3.36. The van der Waals surface area contributed by atoms with Gasteiger partial charge in [-0.05, 0) is 93.2 Å². The van der Waals surface area contributed by atoms with Crippen LogP contribution in [-0.2, 0) is 52.8 Å². The maximum atomic E-state index is 14.9. The summed E-state index contributed by atoms with van der Waals surface area (Å²) in [5.41, 5.74) is 8.65. The average Bonchev–Trinajstić information content (AvgIpc) is 4.08. The fourth-order valence-corrected chi connectivity index (χ4v) is 9.15. The first kappa shape index (κ1) is 52.5. The number of rotatable bonds is 22. The van der Waals surface area contributed by atoms with Crippen LogP contribution in [-0.4, -0.2) is 117 Å². The predicted molar refractivity (Wildman–Crippen MR) is 271 cm³/mol. The van der Waals surface area contributed by atoms with Crippen LogP contribution in [0.3, 0.4) is 0 Å². The lowest BCUT2D eigenvalue weighted by Gasteiger charge is -2.30. The van der Waals surface area contributed by atoms with Crippen molar-refractivity contribution in [2.45, 2.75) is 121 Å². The molecule has 70 heavy (non-hydrogen) atoms. The molecule has 374 valence electrons. The number of primary amides is 1. The number of hydrogen-bond acceptors (Lipinski definition) is 9. The Morgan fingerprint density at radius 1 is 0.686 bits per heavy atom. The molecule has 1 aliphatic rings. The number of ether oxygens (including phenoxy) is 1. The van der Waals surface area contributed by atoms with Crippen LogP contribution in [0.25, 0.3) is 21.8 Å². The summed E-state index contributed by atoms with van der Waals surface area (Å²) >= 11 is 1.50. The van der Waals surface area contributed by atoms with E-state index >= 15 is 0 Å². The van der Waals surface area contributed by atoms with Crippen LogP contribution >= 0.6 is 11.8 Å². The highest BCUT2D eigenvalue weighted by molar-refractivity contribution is 7.98. The van der Waals surface area contributed by atoms with Gasteiger partial charge in [0.25, 0.3) is 0 Å². The molecule has 0 unspecified atom stereocenters. The minimum Gasteiger partial charge on any atom is -0.444 e. The van der Waals surface area contributed by atoms with Crippen LogP contribution < -0.4 is 32.3 Å². The van der Waals surface area contributed by atoms with E-state index in [2.05, 4.69) is 36.6 Å². The maximum Gasteiger partial charge on any atom is 0.410 e. The van der Waals surface area contributed by atoms with Crippen molar-refractivity contribution in [3.63, 3.8) is 0 Å². The molecule has 0 bridgehead atoms. The number of fused-ring (bicyclic) bond motifs is 2. The Kier molecular flexibility index (Phi) is 18.1. The van der Waals surface area contributed by atoms with Crippen molar-refractivity contribution >= 4 is 75.1 Å². The molecule has 3 heterocycles. The zero-order chi connectivity index (χ0) is 50.5. The van der Waals surface area contributed by atoms with Gasteiger partial charge in [-0.15, -0.1) is 0 Å². The van der Waals surface area contributed by atoms with Crippen LogP contribution in [0.5, 0.6) is 0 Å². The second-order valence-electron chi connectivity index (χ2n) is 19.3. The third kappa shape index (κ3) is 14.4. The molecule has 3 aromatic carbocycles. The molecule has 0 saturated carbocycles. The van der Waals surface area contributed by atoms with Crippen LogP contribution in [0.15, 0.2) is 91.3 Å². The van der Waals surface area contributed by atoms with Gasteiger partial charge in [0.15, 0.2) is 0 Å². The number of aromatic nitrogens is 2. The smallest absolute Gasteiger partial charge is 0.410 e. The van der Waals surface area contributed by atoms with Gasteiger partial charge in [0.1, 0.15) is 41.9 Å². The van der Waals surface area contributed by atoms with Crippen molar-refractivity contribution in [3.05, 3.63) is 108 Å². The first-order chi connectivity index (χ1) is 33.4. The third-order valence-corrected chi connectivity index (χ3v) is 12.8. The molecule has 7 amide bonds. The van der Waals surface area contributed by atoms with Crippen molar-refractivity contribution in [3.8, 4) is 0 Å². The van der Waals surface area contributed by atoms with Crippen LogP contribution in [0.1, 0.15) is 77.0 Å². The molecule has 5 aromatic rings. The van der Waals surface area contributed by atoms with Crippen molar-refractivity contribution in [1.82, 2.24) is 41.5 Å². The van der Waals surface area contributed by atoms with E-state index in [1.165, 1.54) is 16.7 Å². The topological polar surface area (TPSA) is 250 Å². The van der Waals surface area contributed by atoms with Crippen molar-refractivity contribution in [1.29, 1.82) is 0 Å². The molecule has 6 atom stereocenters. The van der Waals surface area contributed by atoms with Gasteiger partial charge in [0, 0.05) is 60.0 Å². The lowest BCUT2D eigenvalue weighted by atomic mass is 9.99. The fourth-order valence-electron chi connectivity index (χ4n) is 8.68. The zero-order valence-corrected chi connectivity index (χ0v) is 41.6. The maximum absolute atomic E-state index is 14.9. The van der Waals surface area contributed by atoms with E-state index < -0.39 is 83.4 Å². The summed E-state index contributed by atoms with van der Waals surface area (Å²) in [4.78, 5) is 106. The Bertz CT molecular complexity index is 2630. The van der Waals surface area contributed by atoms with E-state index in [0.717, 1.165) is 27.4 Å². The van der Waals surface area contributed by atoms with E-state index in [4.69, 9.17) is 10.5 Å². The monoisotopic (exact) mass is 977 g/mol. The largest absolute Gasteiger partial charge is 0.444 e. The number of nitrogens with zero attached hydrogens (tertiary/aromatic N) is 1. The number of likely N-dealkylation sites (tertiary alicyclic amines) is 1. The number of benzene rings is 3. The highest BCUT2D eigenvalue weighted by Gasteiger charge is 2.39. The van der Waals surface area contributed by atoms with Crippen molar-refractivity contribution in [2.24, 2.45) is 11.7 Å². The summed E-state index contributed by atoms with van der Waals surface area (Å²) in [6, 6.07) is 17.4. The minimum atomic E-state index is -1.28. The number of para-hydroxylation sites is 2. The van der Waals surface area contributed by atoms with Gasteiger partial charge in [-0.1, -0.05) is 80.6 Å². The van der Waals surface area contributed by atoms with Gasteiger partial charge in [0.2, 0.25) is 35.4 Å². The standard InChI is InChI=1S/C52H67N9O8S/c1-31(2)25-40(46(63)56-39(45(53)62)22-24-70-6)57-48(65)42(27-33-29-54-37-19-12-10-17-35(33)37)59-47(64)41(26-32-15-8-7-9-16-32)58-49(66)43(28-34-30-55-38-20-13-11-18-36(34)38)60-50(67)44-21-14-23-61(44)51(68)69-52(3,4)5/h7-13,15-20,29-31,39-44,54-55H,14,21-28H2,1-6H3,(H2,53,62)(H,56,63)(H,57,65)(H,58,66)(H,59,64)(H,60,67)/t39-,40-,41-,42+,43+,44-/m0/s1. The SMILES string of the molecule is CSCC[C@H](NC(=O)[C@H](CC(C)C)NC(=O)[C@@H](Cc1c[nH]c2ccccc12)NC(=O)[C@H](Cc1ccccc1)NC(=O)[C@@H](Cc1c[nH]c2ccccc12)NC(=O)[C@@H]1CCCN1C(=O)OC(C)(C)C)C(N)=O. The first-order valence-corrected chi connectivity index (χ1v) is 25.2. The Labute approximate surface area is 412 Å². The second kappa shape index (κ2) is 24.1. The normalized spacial score (nSPS) is 15.9. The number of carbonyl (C=O) groups excluding carboxylic acids is 7. The van der Waals surface area contributed by atoms with E-state index in [1.54, 1.807) is 45.3 Å². The number of amides is 7. The number of hydrogen-bond donors (Lipinski definition) is 8. The van der Waals surface area contributed by atoms with Gasteiger partial charge in [-0.25, -0.2) is 4.79 Å². The summed E-state index contributed by atoms with van der Waals surface area (Å²) in [6.45, 7) is 9.33. The van der Waals surface area contributed by atoms with Gasteiger partial charge < -0.3 is 47.0 Å². The molecule has 6 rings (SSSR count). The van der Waals surface area contributed by atoms with Gasteiger partial charge >= 0.3 is 6.09 Å². The lowest BCUT2D eigenvalue weighted by molar-refractivity contribution is -0.135. The van der Waals surface area contributed by atoms with Crippen molar-refractivity contribution in [2.75, 3.05) is 18.6 Å². The van der Waals surface area contributed by atoms with E-state index in [-0.39, 0.29) is 31.6 Å². The number of H-pyrrole nitrogens is 2. The highest BCUT2D eigenvalue weighted by atomic mass is 32.2. The van der Waals surface area contributed by atoms with Crippen LogP contribution in [0, 0.1) is 5.92 Å². The van der Waals surface area contributed by atoms with Crippen LogP contribution in [0.4, 0.5) is 4.79 Å². The van der Waals surface area contributed by atoms with E-state index in [9.17, 15) is 33.6 Å². The Morgan fingerprint density at radius 3 is 1.70 bits per heavy atom. The highest BCUT2D eigenvalue weighted by Crippen LogP contribution is 2.24. The lowest BCUT2D eigenvalue weighted by Crippen LogP contribution is -2.60. The number of carbonyl (C=O) groups is 7. The third-order valence-electron chi connectivity index (χ3n) is 12.2. The molecule has 0 aliphatic carbocycles. The van der Waals surface area contributed by atoms with Gasteiger partial charge in [-0.3, -0.25) is 33.7 Å². The zero-order valence-electron chi connectivity index (χ0n) is 40.8. The van der Waals surface area contributed by atoms with Gasteiger partial charge in [0.05, 0.1) is 0 Å². The summed E-state index contributed by atoms with van der Waals surface area (Å²) in [5, 5.41) is 16.0. The fraction of sp³-hybridized carbons (Fsp3) is 0.442. The molecule has 1 saturated heterocycles. The molecule has 0 spiro atoms. The summed E-state index contributed by atoms with van der Waals surface area (Å²) in [6.07, 6.45) is 6.22. The van der Waals surface area contributed by atoms with E-state index in [0.29, 0.717) is 42.7 Å². The molecular formula is C52H67N9O8S. The number of nitrogens with two attached hydrogens (primary N) is 1. The molecule has 18 heteroatoms. The number of aromatic amines is 2.